The number of imidazole rings is 1. The Morgan fingerprint density at radius 1 is 1.10 bits per heavy atom. The number of nitrogens with zero attached hydrogens (tertiary/aromatic N) is 4. The summed E-state index contributed by atoms with van der Waals surface area (Å²) in [4.78, 5) is 12.7. The third-order valence-electron chi connectivity index (χ3n) is 4.19. The van der Waals surface area contributed by atoms with Crippen molar-refractivity contribution >= 4 is 40.0 Å². The third-order valence-corrected chi connectivity index (χ3v) is 4.43. The van der Waals surface area contributed by atoms with Gasteiger partial charge in [0.25, 0.3) is 0 Å². The maximum absolute atomic E-state index is 14.6. The summed E-state index contributed by atoms with van der Waals surface area (Å²) >= 11 is 6.09. The van der Waals surface area contributed by atoms with Crippen molar-refractivity contribution in [1.82, 2.24) is 19.5 Å². The van der Waals surface area contributed by atoms with E-state index in [1.165, 1.54) is 24.3 Å². The van der Waals surface area contributed by atoms with Gasteiger partial charge in [-0.1, -0.05) is 11.6 Å². The molecule has 2 heterocycles. The number of hydrogen-bond acceptors (Lipinski definition) is 6. The number of rotatable bonds is 5. The quantitative estimate of drug-likeness (QED) is 0.467. The highest BCUT2D eigenvalue weighted by Gasteiger charge is 2.18. The lowest BCUT2D eigenvalue weighted by Crippen LogP contribution is -2.10. The maximum Gasteiger partial charge on any atom is 0.387 e. The van der Waals surface area contributed by atoms with E-state index in [4.69, 9.17) is 17.3 Å². The second-order valence-corrected chi connectivity index (χ2v) is 6.66. The van der Waals surface area contributed by atoms with Gasteiger partial charge in [-0.2, -0.15) is 23.1 Å². The number of fused-ring (bicyclic) bond motifs is 1. The molecule has 0 aliphatic heterocycles. The van der Waals surface area contributed by atoms with E-state index in [1.807, 2.05) is 0 Å². The Bertz CT molecular complexity index is 1230. The number of aromatic nitrogens is 4. The van der Waals surface area contributed by atoms with Crippen LogP contribution >= 0.6 is 11.6 Å². The number of aryl methyl sites for hydroxylation is 1. The van der Waals surface area contributed by atoms with E-state index in [0.29, 0.717) is 27.6 Å². The summed E-state index contributed by atoms with van der Waals surface area (Å²) in [5, 5.41) is 3.25. The van der Waals surface area contributed by atoms with Gasteiger partial charge in [-0.3, -0.25) is 4.57 Å². The SMILES string of the molecule is Cc1nc2ccc(Cl)cc2n1-c1nc(N)c(F)c(Nc2ccc(OC(F)F)cc2)n1. The van der Waals surface area contributed by atoms with Crippen LogP contribution in [0.1, 0.15) is 5.82 Å². The summed E-state index contributed by atoms with van der Waals surface area (Å²) in [7, 11) is 0. The summed E-state index contributed by atoms with van der Waals surface area (Å²) in [5.74, 6) is -0.802. The van der Waals surface area contributed by atoms with Gasteiger partial charge in [0, 0.05) is 10.7 Å². The first kappa shape index (κ1) is 19.8. The lowest BCUT2D eigenvalue weighted by molar-refractivity contribution is -0.0498. The molecule has 0 saturated heterocycles. The second-order valence-electron chi connectivity index (χ2n) is 6.23. The Balaban J connectivity index is 1.73. The average Bonchev–Trinajstić information content (AvgIpc) is 3.01. The molecular formula is C19H14ClF3N6O. The molecule has 2 aromatic heterocycles. The first-order valence-corrected chi connectivity index (χ1v) is 8.99. The van der Waals surface area contributed by atoms with Crippen LogP contribution in [0, 0.1) is 12.7 Å². The van der Waals surface area contributed by atoms with Crippen molar-refractivity contribution in [3.05, 3.63) is 59.1 Å². The summed E-state index contributed by atoms with van der Waals surface area (Å²) < 4.78 is 45.0. The first-order chi connectivity index (χ1) is 14.3. The highest BCUT2D eigenvalue weighted by Crippen LogP contribution is 2.27. The van der Waals surface area contributed by atoms with Gasteiger partial charge < -0.3 is 15.8 Å². The van der Waals surface area contributed by atoms with Crippen molar-refractivity contribution in [2.24, 2.45) is 0 Å². The van der Waals surface area contributed by atoms with Crippen molar-refractivity contribution in [1.29, 1.82) is 0 Å². The summed E-state index contributed by atoms with van der Waals surface area (Å²) in [6, 6.07) is 10.6. The Kier molecular flexibility index (Phi) is 5.08. The molecule has 7 nitrogen and oxygen atoms in total. The molecule has 30 heavy (non-hydrogen) atoms. The molecule has 154 valence electrons. The molecule has 0 aliphatic rings. The van der Waals surface area contributed by atoms with Gasteiger partial charge >= 0.3 is 6.61 Å². The van der Waals surface area contributed by atoms with E-state index in [-0.39, 0.29) is 23.3 Å². The van der Waals surface area contributed by atoms with Crippen LogP contribution in [0.3, 0.4) is 0 Å². The van der Waals surface area contributed by atoms with Gasteiger partial charge in [-0.25, -0.2) is 4.98 Å². The van der Waals surface area contributed by atoms with Gasteiger partial charge in [0.2, 0.25) is 11.8 Å². The standard InChI is InChI=1S/C19H14ClF3N6O/c1-9-25-13-7-2-10(20)8-14(13)29(9)19-27-16(24)15(21)17(28-19)26-11-3-5-12(6-4-11)30-18(22)23/h2-8,18H,1H3,(H3,24,26,27,28). The molecule has 3 N–H and O–H groups in total. The molecule has 0 spiro atoms. The van der Waals surface area contributed by atoms with Gasteiger partial charge in [-0.05, 0) is 49.4 Å². The van der Waals surface area contributed by atoms with Gasteiger partial charge in [-0.15, -0.1) is 0 Å². The zero-order valence-corrected chi connectivity index (χ0v) is 16.2. The molecule has 11 heteroatoms. The average molecular weight is 435 g/mol. The predicted octanol–water partition coefficient (Wildman–Crippen LogP) is 4.84. The topological polar surface area (TPSA) is 90.9 Å². The lowest BCUT2D eigenvalue weighted by Gasteiger charge is -2.12. The van der Waals surface area contributed by atoms with E-state index in [1.54, 1.807) is 29.7 Å². The Morgan fingerprint density at radius 2 is 1.83 bits per heavy atom. The van der Waals surface area contributed by atoms with Crippen molar-refractivity contribution in [2.45, 2.75) is 13.5 Å². The van der Waals surface area contributed by atoms with Crippen molar-refractivity contribution in [2.75, 3.05) is 11.1 Å². The predicted molar refractivity (Wildman–Crippen MR) is 107 cm³/mol. The molecule has 0 unspecified atom stereocenters. The summed E-state index contributed by atoms with van der Waals surface area (Å²) in [6.45, 7) is -1.20. The smallest absolute Gasteiger partial charge is 0.387 e. The van der Waals surface area contributed by atoms with E-state index in [0.717, 1.165) is 0 Å². The molecule has 0 radical (unpaired) electrons. The molecule has 4 rings (SSSR count). The van der Waals surface area contributed by atoms with E-state index < -0.39 is 12.4 Å². The molecule has 0 aliphatic carbocycles. The fourth-order valence-electron chi connectivity index (χ4n) is 2.91. The minimum absolute atomic E-state index is 0.0312. The number of nitrogens with two attached hydrogens (primary N) is 1. The maximum atomic E-state index is 14.6. The van der Waals surface area contributed by atoms with Crippen LogP contribution in [-0.2, 0) is 0 Å². The van der Waals surface area contributed by atoms with Crippen LogP contribution in [0.2, 0.25) is 5.02 Å². The Morgan fingerprint density at radius 3 is 2.53 bits per heavy atom. The number of alkyl halides is 2. The van der Waals surface area contributed by atoms with E-state index >= 15 is 0 Å². The van der Waals surface area contributed by atoms with Gasteiger partial charge in [0.15, 0.2) is 11.6 Å². The Labute approximate surface area is 173 Å². The summed E-state index contributed by atoms with van der Waals surface area (Å²) in [5.41, 5.74) is 7.43. The van der Waals surface area contributed by atoms with E-state index in [2.05, 4.69) is 25.0 Å². The lowest BCUT2D eigenvalue weighted by atomic mass is 10.3. The molecule has 0 fully saturated rings. The molecule has 0 bridgehead atoms. The third kappa shape index (κ3) is 3.81. The highest BCUT2D eigenvalue weighted by molar-refractivity contribution is 6.31. The second kappa shape index (κ2) is 7.71. The van der Waals surface area contributed by atoms with Crippen LogP contribution in [0.25, 0.3) is 17.0 Å². The molecular weight excluding hydrogens is 421 g/mol. The number of halogens is 4. The first-order valence-electron chi connectivity index (χ1n) is 8.61. The normalized spacial score (nSPS) is 11.3. The van der Waals surface area contributed by atoms with Crippen LogP contribution in [-0.4, -0.2) is 26.1 Å². The minimum atomic E-state index is -2.94. The molecule has 0 amide bonds. The number of nitrogens with one attached hydrogen (secondary N) is 1. The van der Waals surface area contributed by atoms with Crippen LogP contribution in [0.4, 0.5) is 30.5 Å². The number of ether oxygens (including phenoxy) is 1. The molecule has 4 aromatic rings. The van der Waals surface area contributed by atoms with Crippen molar-refractivity contribution in [3.63, 3.8) is 0 Å². The fourth-order valence-corrected chi connectivity index (χ4v) is 3.08. The van der Waals surface area contributed by atoms with Crippen molar-refractivity contribution < 1.29 is 17.9 Å². The fraction of sp³-hybridized carbons (Fsp3) is 0.105. The summed E-state index contributed by atoms with van der Waals surface area (Å²) in [6.07, 6.45) is 0. The number of anilines is 3. The molecule has 0 atom stereocenters. The molecule has 0 saturated carbocycles. The Hall–Kier alpha value is -3.53. The number of benzene rings is 2. The van der Waals surface area contributed by atoms with Crippen LogP contribution < -0.4 is 15.8 Å². The van der Waals surface area contributed by atoms with E-state index in [9.17, 15) is 13.2 Å². The highest BCUT2D eigenvalue weighted by atomic mass is 35.5. The number of nitrogen functional groups attached to an aromatic ring is 1. The van der Waals surface area contributed by atoms with Crippen LogP contribution in [0.5, 0.6) is 5.75 Å². The van der Waals surface area contributed by atoms with Gasteiger partial charge in [0.1, 0.15) is 11.6 Å². The molecule has 2 aromatic carbocycles. The monoisotopic (exact) mass is 434 g/mol. The van der Waals surface area contributed by atoms with Gasteiger partial charge in [0.05, 0.1) is 11.0 Å². The zero-order chi connectivity index (χ0) is 21.4. The van der Waals surface area contributed by atoms with Crippen LogP contribution in [0.15, 0.2) is 42.5 Å². The number of hydrogen-bond donors (Lipinski definition) is 2. The largest absolute Gasteiger partial charge is 0.435 e. The minimum Gasteiger partial charge on any atom is -0.435 e. The van der Waals surface area contributed by atoms with Crippen molar-refractivity contribution in [3.8, 4) is 11.7 Å². The zero-order valence-electron chi connectivity index (χ0n) is 15.4.